The molecule has 0 aliphatic heterocycles. The molecule has 0 fully saturated rings. The van der Waals surface area contributed by atoms with Gasteiger partial charge in [-0.3, -0.25) is 0 Å². The zero-order valence-electron chi connectivity index (χ0n) is 16.4. The van der Waals surface area contributed by atoms with Gasteiger partial charge in [-0.25, -0.2) is 4.79 Å². The van der Waals surface area contributed by atoms with Gasteiger partial charge < -0.3 is 22.4 Å². The van der Waals surface area contributed by atoms with E-state index in [1.54, 1.807) is 0 Å². The fourth-order valence-corrected chi connectivity index (χ4v) is 4.44. The Morgan fingerprint density at radius 3 is 1.79 bits per heavy atom. The predicted octanol–water partition coefficient (Wildman–Crippen LogP) is 2.23. The van der Waals surface area contributed by atoms with Crippen molar-refractivity contribution in [2.24, 2.45) is 0 Å². The van der Waals surface area contributed by atoms with Gasteiger partial charge in [-0.2, -0.15) is 0 Å². The number of rotatable bonds is 12. The van der Waals surface area contributed by atoms with Crippen LogP contribution < -0.4 is 0 Å². The fraction of sp³-hybridized carbons (Fsp3) is 0.812. The molecule has 144 valence electrons. The highest BCUT2D eigenvalue weighted by atomic mass is 28.4. The van der Waals surface area contributed by atoms with Crippen molar-refractivity contribution in [3.05, 3.63) is 12.7 Å². The van der Waals surface area contributed by atoms with E-state index in [1.807, 2.05) is 41.5 Å². The van der Waals surface area contributed by atoms with Crippen molar-refractivity contribution in [3.8, 4) is 0 Å². The van der Waals surface area contributed by atoms with Gasteiger partial charge in [0.1, 0.15) is 16.6 Å². The normalized spacial score (nSPS) is 13.6. The van der Waals surface area contributed by atoms with Gasteiger partial charge in [-0.1, -0.05) is 20.4 Å². The summed E-state index contributed by atoms with van der Waals surface area (Å²) in [4.78, 5) is 10.8. The Hall–Kier alpha value is -0.516. The van der Waals surface area contributed by atoms with Crippen LogP contribution in [0, 0.1) is 0 Å². The molecule has 0 bridgehead atoms. The van der Waals surface area contributed by atoms with Crippen LogP contribution in [0.2, 0.25) is 6.04 Å². The second kappa shape index (κ2) is 16.0. The van der Waals surface area contributed by atoms with Gasteiger partial charge in [0.05, 0.1) is 6.10 Å². The highest BCUT2D eigenvalue weighted by molar-refractivity contribution is 6.60. The van der Waals surface area contributed by atoms with Crippen LogP contribution >= 0.6 is 0 Å². The second-order valence-corrected chi connectivity index (χ2v) is 8.27. The molecule has 0 aromatic heterocycles. The van der Waals surface area contributed by atoms with E-state index in [0.29, 0.717) is 30.3 Å². The Bertz CT molecular complexity index is 311. The lowest BCUT2D eigenvalue weighted by molar-refractivity contribution is -0.147. The maximum Gasteiger partial charge on any atom is 0.500 e. The minimum atomic E-state index is -2.27. The summed E-state index contributed by atoms with van der Waals surface area (Å²) in [5.74, 6) is -0.382. The summed E-state index contributed by atoms with van der Waals surface area (Å²) in [5, 5.41) is 0. The molecule has 0 aliphatic carbocycles. The van der Waals surface area contributed by atoms with Crippen LogP contribution in [0.1, 0.15) is 48.0 Å². The van der Waals surface area contributed by atoms with Crippen LogP contribution in [0.3, 0.4) is 0 Å². The SMILES string of the molecule is C=CC(=O)OC(CC)C(C)O[SiH3].CCO[Si](CC)(OCC)OCC. The minimum absolute atomic E-state index is 0.00873. The Morgan fingerprint density at radius 1 is 1.08 bits per heavy atom. The van der Waals surface area contributed by atoms with Crippen molar-refractivity contribution in [3.63, 3.8) is 0 Å². The van der Waals surface area contributed by atoms with Crippen molar-refractivity contribution in [1.29, 1.82) is 0 Å². The smallest absolute Gasteiger partial charge is 0.457 e. The standard InChI is InChI=1S/C8H20O3Si.C8H16O3Si/c1-5-9-12(8-4,10-6-2)11-7-3;1-4-7(6(3)11-12)10-8(9)5-2/h5-8H2,1-4H3;5-7H,2,4H2,1,3,12H3. The topological polar surface area (TPSA) is 63.2 Å². The van der Waals surface area contributed by atoms with Gasteiger partial charge in [-0.15, -0.1) is 0 Å². The molecule has 0 saturated heterocycles. The first kappa shape index (κ1) is 25.7. The van der Waals surface area contributed by atoms with E-state index >= 15 is 0 Å². The van der Waals surface area contributed by atoms with Crippen molar-refractivity contribution in [2.75, 3.05) is 19.8 Å². The molecule has 24 heavy (non-hydrogen) atoms. The zero-order valence-corrected chi connectivity index (χ0v) is 19.4. The molecule has 0 rings (SSSR count). The molecule has 2 unspecified atom stereocenters. The van der Waals surface area contributed by atoms with Crippen molar-refractivity contribution < 1.29 is 27.2 Å². The summed E-state index contributed by atoms with van der Waals surface area (Å²) < 4.78 is 26.9. The Morgan fingerprint density at radius 2 is 1.54 bits per heavy atom. The quantitative estimate of drug-likeness (QED) is 0.294. The molecular weight excluding hydrogens is 344 g/mol. The maximum atomic E-state index is 10.8. The molecule has 6 nitrogen and oxygen atoms in total. The number of carbonyl (C=O) groups excluding carboxylic acids is 1. The number of ether oxygens (including phenoxy) is 1. The molecule has 0 saturated carbocycles. The summed E-state index contributed by atoms with van der Waals surface area (Å²) in [6, 6.07) is 0.850. The van der Waals surface area contributed by atoms with Crippen molar-refractivity contribution in [2.45, 2.75) is 66.2 Å². The molecule has 0 aromatic rings. The molecule has 0 amide bonds. The highest BCUT2D eigenvalue weighted by Gasteiger charge is 2.37. The summed E-state index contributed by atoms with van der Waals surface area (Å²) in [6.07, 6.45) is 1.78. The molecule has 8 heteroatoms. The van der Waals surface area contributed by atoms with E-state index in [-0.39, 0.29) is 18.2 Å². The summed E-state index contributed by atoms with van der Waals surface area (Å²) >= 11 is 0. The number of esters is 1. The molecule has 0 aromatic carbocycles. The molecule has 0 heterocycles. The van der Waals surface area contributed by atoms with E-state index in [9.17, 15) is 4.79 Å². The number of hydrogen-bond donors (Lipinski definition) is 0. The zero-order chi connectivity index (χ0) is 19.0. The first-order valence-corrected chi connectivity index (χ1v) is 11.4. The maximum absolute atomic E-state index is 10.8. The third-order valence-corrected chi connectivity index (χ3v) is 7.05. The van der Waals surface area contributed by atoms with E-state index in [4.69, 9.17) is 22.4 Å². The van der Waals surface area contributed by atoms with Crippen LogP contribution in [0.15, 0.2) is 12.7 Å². The van der Waals surface area contributed by atoms with Gasteiger partial charge in [-0.05, 0) is 34.1 Å². The third-order valence-electron chi connectivity index (χ3n) is 3.26. The van der Waals surface area contributed by atoms with E-state index in [1.165, 1.54) is 6.08 Å². The average Bonchev–Trinajstić information content (AvgIpc) is 2.59. The first-order chi connectivity index (χ1) is 11.4. The molecule has 0 aliphatic rings. The molecule has 0 spiro atoms. The number of carbonyl (C=O) groups is 1. The van der Waals surface area contributed by atoms with Gasteiger partial charge in [0.15, 0.2) is 0 Å². The Kier molecular flexibility index (Phi) is 17.1. The summed E-state index contributed by atoms with van der Waals surface area (Å²) in [5.41, 5.74) is 0. The molecule has 0 radical (unpaired) electrons. The highest BCUT2D eigenvalue weighted by Crippen LogP contribution is 2.14. The molecule has 2 atom stereocenters. The van der Waals surface area contributed by atoms with Gasteiger partial charge in [0.25, 0.3) is 0 Å². The molecular formula is C16H36O6Si2. The minimum Gasteiger partial charge on any atom is -0.457 e. The summed E-state index contributed by atoms with van der Waals surface area (Å²) in [7, 11) is -1.61. The van der Waals surface area contributed by atoms with Crippen LogP contribution in [-0.4, -0.2) is 57.3 Å². The third kappa shape index (κ3) is 11.1. The van der Waals surface area contributed by atoms with E-state index < -0.39 is 8.80 Å². The second-order valence-electron chi connectivity index (χ2n) is 4.86. The van der Waals surface area contributed by atoms with Crippen LogP contribution in [0.5, 0.6) is 0 Å². The lowest BCUT2D eigenvalue weighted by atomic mass is 10.2. The fourth-order valence-electron chi connectivity index (χ4n) is 1.95. The van der Waals surface area contributed by atoms with Crippen molar-refractivity contribution in [1.82, 2.24) is 0 Å². The van der Waals surface area contributed by atoms with Gasteiger partial charge >= 0.3 is 14.8 Å². The first-order valence-electron chi connectivity index (χ1n) is 8.67. The van der Waals surface area contributed by atoms with Gasteiger partial charge in [0.2, 0.25) is 0 Å². The largest absolute Gasteiger partial charge is 0.500 e. The Labute approximate surface area is 151 Å². The average molecular weight is 381 g/mol. The lowest BCUT2D eigenvalue weighted by Crippen LogP contribution is -2.45. The van der Waals surface area contributed by atoms with E-state index in [0.717, 1.165) is 12.5 Å². The van der Waals surface area contributed by atoms with Crippen LogP contribution in [0.25, 0.3) is 0 Å². The Balaban J connectivity index is 0. The van der Waals surface area contributed by atoms with Gasteiger partial charge in [0, 0.05) is 31.9 Å². The predicted molar refractivity (Wildman–Crippen MR) is 102 cm³/mol. The van der Waals surface area contributed by atoms with E-state index in [2.05, 4.69) is 6.58 Å². The summed E-state index contributed by atoms with van der Waals surface area (Å²) in [6.45, 7) is 17.1. The lowest BCUT2D eigenvalue weighted by Gasteiger charge is -2.26. The van der Waals surface area contributed by atoms with Crippen LogP contribution in [0.4, 0.5) is 0 Å². The van der Waals surface area contributed by atoms with Crippen molar-refractivity contribution >= 4 is 25.3 Å². The number of hydrogen-bond acceptors (Lipinski definition) is 6. The molecule has 0 N–H and O–H groups in total. The van der Waals surface area contributed by atoms with Crippen LogP contribution in [-0.2, 0) is 27.2 Å². The monoisotopic (exact) mass is 380 g/mol.